The van der Waals surface area contributed by atoms with Crippen molar-refractivity contribution in [3.05, 3.63) is 34.9 Å². The highest BCUT2D eigenvalue weighted by Crippen LogP contribution is 2.41. The molecule has 2 rings (SSSR count). The minimum Gasteiger partial charge on any atom is -0.481 e. The normalized spacial score (nSPS) is 15.7. The predicted molar refractivity (Wildman–Crippen MR) is 73.1 cm³/mol. The van der Waals surface area contributed by atoms with Crippen molar-refractivity contribution in [2.24, 2.45) is 0 Å². The van der Waals surface area contributed by atoms with Gasteiger partial charge in [0.2, 0.25) is 0 Å². The molecule has 0 atom stereocenters. The minimum atomic E-state index is -0.718. The monoisotopic (exact) mass is 246 g/mol. The van der Waals surface area contributed by atoms with Gasteiger partial charge in [-0.05, 0) is 47.3 Å². The van der Waals surface area contributed by atoms with Crippen molar-refractivity contribution in [3.63, 3.8) is 0 Å². The maximum absolute atomic E-state index is 10.7. The van der Waals surface area contributed by atoms with E-state index in [4.69, 9.17) is 5.11 Å². The van der Waals surface area contributed by atoms with E-state index in [-0.39, 0.29) is 11.8 Å². The summed E-state index contributed by atoms with van der Waals surface area (Å²) in [6.07, 6.45) is 3.43. The fourth-order valence-corrected chi connectivity index (χ4v) is 2.20. The topological polar surface area (TPSA) is 37.3 Å². The number of benzene rings is 1. The maximum atomic E-state index is 10.7. The van der Waals surface area contributed by atoms with Gasteiger partial charge in [0.15, 0.2) is 0 Å². The molecule has 0 spiro atoms. The van der Waals surface area contributed by atoms with E-state index in [1.165, 1.54) is 29.5 Å². The van der Waals surface area contributed by atoms with Gasteiger partial charge in [-0.25, -0.2) is 0 Å². The fraction of sp³-hybridized carbons (Fsp3) is 0.562. The predicted octanol–water partition coefficient (Wildman–Crippen LogP) is 3.88. The smallest absolute Gasteiger partial charge is 0.303 e. The van der Waals surface area contributed by atoms with Crippen molar-refractivity contribution < 1.29 is 9.90 Å². The minimum absolute atomic E-state index is 0.128. The zero-order valence-corrected chi connectivity index (χ0v) is 11.5. The average molecular weight is 246 g/mol. The molecular weight excluding hydrogens is 224 g/mol. The van der Waals surface area contributed by atoms with Crippen LogP contribution in [0.2, 0.25) is 0 Å². The van der Waals surface area contributed by atoms with Crippen LogP contribution in [0.4, 0.5) is 0 Å². The molecule has 0 radical (unpaired) electrons. The third kappa shape index (κ3) is 3.34. The first-order valence-corrected chi connectivity index (χ1v) is 6.72. The molecule has 1 aliphatic carbocycles. The number of hydrogen-bond acceptors (Lipinski definition) is 1. The lowest BCUT2D eigenvalue weighted by atomic mass is 9.84. The third-order valence-corrected chi connectivity index (χ3v) is 3.56. The lowest BCUT2D eigenvalue weighted by Gasteiger charge is -2.21. The van der Waals surface area contributed by atoms with E-state index >= 15 is 0 Å². The van der Waals surface area contributed by atoms with Crippen LogP contribution in [-0.2, 0) is 16.6 Å². The third-order valence-electron chi connectivity index (χ3n) is 3.56. The molecule has 2 nitrogen and oxygen atoms in total. The summed E-state index contributed by atoms with van der Waals surface area (Å²) in [6, 6.07) is 6.69. The molecule has 0 unspecified atom stereocenters. The number of hydrogen-bond donors (Lipinski definition) is 1. The zero-order chi connectivity index (χ0) is 13.3. The van der Waals surface area contributed by atoms with E-state index in [0.717, 1.165) is 5.92 Å². The Bertz CT molecular complexity index is 451. The lowest BCUT2D eigenvalue weighted by Crippen LogP contribution is -2.12. The Morgan fingerprint density at radius 3 is 2.44 bits per heavy atom. The van der Waals surface area contributed by atoms with Gasteiger partial charge in [0.25, 0.3) is 0 Å². The first kappa shape index (κ1) is 13.1. The van der Waals surface area contributed by atoms with Crippen molar-refractivity contribution in [3.8, 4) is 0 Å². The number of carbonyl (C=O) groups is 1. The molecule has 1 N–H and O–H groups in total. The molecule has 1 aliphatic rings. The van der Waals surface area contributed by atoms with Crippen molar-refractivity contribution in [2.75, 3.05) is 0 Å². The molecule has 98 valence electrons. The number of carboxylic acids is 1. The quantitative estimate of drug-likeness (QED) is 0.875. The van der Waals surface area contributed by atoms with E-state index in [2.05, 4.69) is 39.0 Å². The molecule has 18 heavy (non-hydrogen) atoms. The number of carboxylic acid groups (broad SMARTS) is 1. The van der Waals surface area contributed by atoms with E-state index in [0.29, 0.717) is 6.42 Å². The Morgan fingerprint density at radius 2 is 1.94 bits per heavy atom. The van der Waals surface area contributed by atoms with Gasteiger partial charge < -0.3 is 5.11 Å². The Balaban J connectivity index is 2.27. The summed E-state index contributed by atoms with van der Waals surface area (Å²) in [5.74, 6) is 0.0000109. The van der Waals surface area contributed by atoms with Gasteiger partial charge in [0.1, 0.15) is 0 Å². The van der Waals surface area contributed by atoms with Crippen molar-refractivity contribution in [1.29, 1.82) is 0 Å². The van der Waals surface area contributed by atoms with Crippen LogP contribution in [0.3, 0.4) is 0 Å². The van der Waals surface area contributed by atoms with E-state index in [1.54, 1.807) is 0 Å². The lowest BCUT2D eigenvalue weighted by molar-refractivity contribution is -0.136. The van der Waals surface area contributed by atoms with Gasteiger partial charge in [-0.1, -0.05) is 39.0 Å². The molecule has 2 heteroatoms. The van der Waals surface area contributed by atoms with Crippen LogP contribution in [0.15, 0.2) is 18.2 Å². The summed E-state index contributed by atoms with van der Waals surface area (Å²) in [6.45, 7) is 6.62. The molecule has 1 aromatic carbocycles. The standard InChI is InChI=1S/C16H22O2/c1-16(2,3)14-9-11(4-7-15(17)18)8-13(10-14)12-5-6-12/h8-10,12H,4-7H2,1-3H3,(H,17,18). The van der Waals surface area contributed by atoms with Crippen LogP contribution in [0, 0.1) is 0 Å². The highest BCUT2D eigenvalue weighted by molar-refractivity contribution is 5.67. The molecule has 1 aromatic rings. The van der Waals surface area contributed by atoms with Crippen LogP contribution in [0.1, 0.15) is 62.6 Å². The average Bonchev–Trinajstić information content (AvgIpc) is 3.08. The number of rotatable bonds is 4. The van der Waals surface area contributed by atoms with Gasteiger partial charge in [-0.2, -0.15) is 0 Å². The van der Waals surface area contributed by atoms with E-state index in [1.807, 2.05) is 0 Å². The first-order chi connectivity index (χ1) is 8.36. The highest BCUT2D eigenvalue weighted by Gasteiger charge is 2.25. The van der Waals surface area contributed by atoms with Crippen LogP contribution in [0.25, 0.3) is 0 Å². The summed E-state index contributed by atoms with van der Waals surface area (Å²) in [4.78, 5) is 10.7. The summed E-state index contributed by atoms with van der Waals surface area (Å²) in [5.41, 5.74) is 4.03. The molecule has 0 aromatic heterocycles. The van der Waals surface area contributed by atoms with Crippen molar-refractivity contribution in [1.82, 2.24) is 0 Å². The van der Waals surface area contributed by atoms with Crippen LogP contribution < -0.4 is 0 Å². The molecule has 1 fully saturated rings. The SMILES string of the molecule is CC(C)(C)c1cc(CCC(=O)O)cc(C2CC2)c1. The molecule has 0 saturated heterocycles. The zero-order valence-electron chi connectivity index (χ0n) is 11.5. The Morgan fingerprint density at radius 1 is 1.28 bits per heavy atom. The van der Waals surface area contributed by atoms with Crippen LogP contribution in [-0.4, -0.2) is 11.1 Å². The Labute approximate surface area is 109 Å². The molecule has 1 saturated carbocycles. The van der Waals surface area contributed by atoms with Crippen LogP contribution in [0.5, 0.6) is 0 Å². The van der Waals surface area contributed by atoms with Crippen molar-refractivity contribution in [2.45, 2.75) is 57.8 Å². The summed E-state index contributed by atoms with van der Waals surface area (Å²) < 4.78 is 0. The molecule has 0 heterocycles. The van der Waals surface area contributed by atoms with Gasteiger partial charge in [-0.3, -0.25) is 4.79 Å². The summed E-state index contributed by atoms with van der Waals surface area (Å²) in [5, 5.41) is 8.79. The summed E-state index contributed by atoms with van der Waals surface area (Å²) >= 11 is 0. The van der Waals surface area contributed by atoms with E-state index < -0.39 is 5.97 Å². The molecular formula is C16H22O2. The van der Waals surface area contributed by atoms with E-state index in [9.17, 15) is 4.79 Å². The van der Waals surface area contributed by atoms with Gasteiger partial charge in [0, 0.05) is 6.42 Å². The van der Waals surface area contributed by atoms with Gasteiger partial charge in [0.05, 0.1) is 0 Å². The second-order valence-corrected chi connectivity index (χ2v) is 6.38. The second-order valence-electron chi connectivity index (χ2n) is 6.38. The second kappa shape index (κ2) is 4.75. The fourth-order valence-electron chi connectivity index (χ4n) is 2.20. The Hall–Kier alpha value is -1.31. The van der Waals surface area contributed by atoms with Gasteiger partial charge >= 0.3 is 5.97 Å². The van der Waals surface area contributed by atoms with Crippen LogP contribution >= 0.6 is 0 Å². The highest BCUT2D eigenvalue weighted by atomic mass is 16.4. The number of aliphatic carboxylic acids is 1. The maximum Gasteiger partial charge on any atom is 0.303 e. The number of aryl methyl sites for hydroxylation is 1. The van der Waals surface area contributed by atoms with Gasteiger partial charge in [-0.15, -0.1) is 0 Å². The molecule has 0 bridgehead atoms. The largest absolute Gasteiger partial charge is 0.481 e. The summed E-state index contributed by atoms with van der Waals surface area (Å²) in [7, 11) is 0. The molecule has 0 amide bonds. The van der Waals surface area contributed by atoms with Crippen molar-refractivity contribution >= 4 is 5.97 Å². The Kier molecular flexibility index (Phi) is 3.47. The molecule has 0 aliphatic heterocycles. The first-order valence-electron chi connectivity index (χ1n) is 6.72.